The molecule has 0 aliphatic heterocycles. The summed E-state index contributed by atoms with van der Waals surface area (Å²) in [6.45, 7) is 8.88. The summed E-state index contributed by atoms with van der Waals surface area (Å²) in [4.78, 5) is 0. The van der Waals surface area contributed by atoms with Crippen LogP contribution < -0.4 is 0 Å². The van der Waals surface area contributed by atoms with Crippen molar-refractivity contribution in [1.82, 2.24) is 0 Å². The molecule has 0 aromatic rings. The van der Waals surface area contributed by atoms with Crippen LogP contribution in [-0.2, 0) is 9.47 Å². The molecule has 0 radical (unpaired) electrons. The van der Waals surface area contributed by atoms with Crippen molar-refractivity contribution in [3.63, 3.8) is 0 Å². The molecular weight excluding hydrogens is 220 g/mol. The second-order valence-electron chi connectivity index (χ2n) is 5.37. The Kier molecular flexibility index (Phi) is 7.70. The van der Waals surface area contributed by atoms with Crippen LogP contribution in [0.2, 0.25) is 0 Å². The predicted molar refractivity (Wildman–Crippen MR) is 73.1 cm³/mol. The Balaban J connectivity index is 3.85. The molecular formula is C13H28O2S. The van der Waals surface area contributed by atoms with E-state index in [4.69, 9.17) is 9.47 Å². The zero-order valence-corrected chi connectivity index (χ0v) is 12.5. The van der Waals surface area contributed by atoms with E-state index in [9.17, 15) is 0 Å². The Morgan fingerprint density at radius 3 is 1.94 bits per heavy atom. The average molecular weight is 248 g/mol. The van der Waals surface area contributed by atoms with Crippen LogP contribution in [0.3, 0.4) is 0 Å². The highest BCUT2D eigenvalue weighted by Crippen LogP contribution is 2.29. The fourth-order valence-electron chi connectivity index (χ4n) is 1.62. The fourth-order valence-corrected chi connectivity index (χ4v) is 1.75. The van der Waals surface area contributed by atoms with Crippen molar-refractivity contribution in [1.29, 1.82) is 0 Å². The lowest BCUT2D eigenvalue weighted by atomic mass is 9.88. The second kappa shape index (κ2) is 7.57. The Morgan fingerprint density at radius 2 is 1.56 bits per heavy atom. The van der Waals surface area contributed by atoms with Crippen LogP contribution in [0.4, 0.5) is 0 Å². The molecule has 0 rings (SSSR count). The molecule has 0 aromatic carbocycles. The topological polar surface area (TPSA) is 18.5 Å². The average Bonchev–Trinajstić information content (AvgIpc) is 2.20. The molecule has 16 heavy (non-hydrogen) atoms. The third kappa shape index (κ3) is 6.77. The molecule has 0 amide bonds. The van der Waals surface area contributed by atoms with E-state index in [2.05, 4.69) is 40.3 Å². The molecule has 0 saturated carbocycles. The van der Waals surface area contributed by atoms with Gasteiger partial charge in [-0.2, -0.15) is 12.6 Å². The lowest BCUT2D eigenvalue weighted by molar-refractivity contribution is -0.113. The van der Waals surface area contributed by atoms with Crippen molar-refractivity contribution < 1.29 is 9.47 Å². The van der Waals surface area contributed by atoms with Crippen LogP contribution in [-0.4, -0.2) is 25.3 Å². The third-order valence-electron chi connectivity index (χ3n) is 3.42. The van der Waals surface area contributed by atoms with Crippen LogP contribution in [0.25, 0.3) is 0 Å². The second-order valence-corrected chi connectivity index (χ2v) is 6.53. The van der Waals surface area contributed by atoms with Gasteiger partial charge in [0.25, 0.3) is 0 Å². The molecule has 0 bridgehead atoms. The summed E-state index contributed by atoms with van der Waals surface area (Å²) >= 11 is 4.61. The highest BCUT2D eigenvalue weighted by Gasteiger charge is 2.22. The summed E-state index contributed by atoms with van der Waals surface area (Å²) in [5.41, 5.74) is 0. The van der Waals surface area contributed by atoms with E-state index < -0.39 is 0 Å². The Morgan fingerprint density at radius 1 is 1.06 bits per heavy atom. The SMILES string of the molecule is COC(CC(C)CCC(C)C(C)(C)S)OC. The van der Waals surface area contributed by atoms with E-state index in [-0.39, 0.29) is 11.0 Å². The highest BCUT2D eigenvalue weighted by atomic mass is 32.1. The van der Waals surface area contributed by atoms with Crippen molar-refractivity contribution in [2.45, 2.75) is 58.0 Å². The van der Waals surface area contributed by atoms with Gasteiger partial charge in [0.05, 0.1) is 0 Å². The van der Waals surface area contributed by atoms with Gasteiger partial charge >= 0.3 is 0 Å². The normalized spacial score (nSPS) is 16.5. The summed E-state index contributed by atoms with van der Waals surface area (Å²) < 4.78 is 10.5. The standard InChI is InChI=1S/C13H28O2S/c1-10(9-12(14-5)15-6)7-8-11(2)13(3,4)16/h10-12,16H,7-9H2,1-6H3. The lowest BCUT2D eigenvalue weighted by Gasteiger charge is -2.27. The summed E-state index contributed by atoms with van der Waals surface area (Å²) in [5.74, 6) is 1.25. The van der Waals surface area contributed by atoms with Crippen molar-refractivity contribution in [3.8, 4) is 0 Å². The molecule has 98 valence electrons. The van der Waals surface area contributed by atoms with Crippen LogP contribution in [0.1, 0.15) is 47.0 Å². The van der Waals surface area contributed by atoms with Gasteiger partial charge in [0.15, 0.2) is 6.29 Å². The molecule has 2 atom stereocenters. The molecule has 2 nitrogen and oxygen atoms in total. The first-order valence-corrected chi connectivity index (χ1v) is 6.54. The molecule has 0 fully saturated rings. The maximum absolute atomic E-state index is 5.21. The fraction of sp³-hybridized carbons (Fsp3) is 1.00. The largest absolute Gasteiger partial charge is 0.356 e. The number of rotatable bonds is 8. The summed E-state index contributed by atoms with van der Waals surface area (Å²) in [7, 11) is 3.39. The third-order valence-corrected chi connectivity index (χ3v) is 3.86. The van der Waals surface area contributed by atoms with Crippen molar-refractivity contribution in [2.75, 3.05) is 14.2 Å². The number of ether oxygens (including phenoxy) is 2. The Labute approximate surface area is 107 Å². The smallest absolute Gasteiger partial charge is 0.157 e. The van der Waals surface area contributed by atoms with Gasteiger partial charge < -0.3 is 9.47 Å². The molecule has 3 heteroatoms. The maximum Gasteiger partial charge on any atom is 0.157 e. The lowest BCUT2D eigenvalue weighted by Crippen LogP contribution is -2.23. The summed E-state index contributed by atoms with van der Waals surface area (Å²) in [6, 6.07) is 0. The molecule has 0 aliphatic carbocycles. The van der Waals surface area contributed by atoms with Crippen molar-refractivity contribution in [3.05, 3.63) is 0 Å². The first-order valence-electron chi connectivity index (χ1n) is 6.09. The number of hydrogen-bond acceptors (Lipinski definition) is 3. The Bertz CT molecular complexity index is 173. The van der Waals surface area contributed by atoms with Gasteiger partial charge in [-0.05, 0) is 18.3 Å². The minimum atomic E-state index is -0.0608. The monoisotopic (exact) mass is 248 g/mol. The molecule has 0 aliphatic rings. The van der Waals surface area contributed by atoms with E-state index in [0.717, 1.165) is 6.42 Å². The van der Waals surface area contributed by atoms with E-state index in [1.165, 1.54) is 12.8 Å². The molecule has 0 N–H and O–H groups in total. The van der Waals surface area contributed by atoms with E-state index in [1.54, 1.807) is 14.2 Å². The number of thiol groups is 1. The van der Waals surface area contributed by atoms with E-state index in [0.29, 0.717) is 11.8 Å². The first-order chi connectivity index (χ1) is 7.31. The Hall–Kier alpha value is 0.270. The minimum Gasteiger partial charge on any atom is -0.356 e. The number of hydrogen-bond donors (Lipinski definition) is 1. The molecule has 0 heterocycles. The maximum atomic E-state index is 5.21. The van der Waals surface area contributed by atoms with Gasteiger partial charge in [0.2, 0.25) is 0 Å². The zero-order valence-electron chi connectivity index (χ0n) is 11.6. The predicted octanol–water partition coefficient (Wildman–Crippen LogP) is 3.76. The zero-order chi connectivity index (χ0) is 12.8. The van der Waals surface area contributed by atoms with E-state index >= 15 is 0 Å². The van der Waals surface area contributed by atoms with Crippen LogP contribution in [0.5, 0.6) is 0 Å². The minimum absolute atomic E-state index is 0.0608. The van der Waals surface area contributed by atoms with E-state index in [1.807, 2.05) is 0 Å². The van der Waals surface area contributed by atoms with Gasteiger partial charge in [-0.1, -0.05) is 34.1 Å². The van der Waals surface area contributed by atoms with Gasteiger partial charge in [-0.15, -0.1) is 0 Å². The molecule has 0 spiro atoms. The van der Waals surface area contributed by atoms with Gasteiger partial charge in [-0.25, -0.2) is 0 Å². The first kappa shape index (κ1) is 16.3. The van der Waals surface area contributed by atoms with Crippen LogP contribution in [0, 0.1) is 11.8 Å². The molecule has 2 unspecified atom stereocenters. The summed E-state index contributed by atoms with van der Waals surface area (Å²) in [6.07, 6.45) is 3.31. The number of methoxy groups -OCH3 is 2. The molecule has 0 saturated heterocycles. The van der Waals surface area contributed by atoms with Crippen molar-refractivity contribution >= 4 is 12.6 Å². The molecule has 0 aromatic heterocycles. The van der Waals surface area contributed by atoms with Crippen LogP contribution in [0.15, 0.2) is 0 Å². The van der Waals surface area contributed by atoms with Gasteiger partial charge in [0, 0.05) is 25.4 Å². The van der Waals surface area contributed by atoms with Gasteiger partial charge in [-0.3, -0.25) is 0 Å². The van der Waals surface area contributed by atoms with Crippen LogP contribution >= 0.6 is 12.6 Å². The summed E-state index contributed by atoms with van der Waals surface area (Å²) in [5, 5.41) is 0. The van der Waals surface area contributed by atoms with Gasteiger partial charge in [0.1, 0.15) is 0 Å². The quantitative estimate of drug-likeness (QED) is 0.521. The highest BCUT2D eigenvalue weighted by molar-refractivity contribution is 7.81. The van der Waals surface area contributed by atoms with Crippen molar-refractivity contribution in [2.24, 2.45) is 11.8 Å².